The molecule has 0 aliphatic rings. The molecule has 0 spiro atoms. The van der Waals surface area contributed by atoms with Gasteiger partial charge in [0.15, 0.2) is 0 Å². The quantitative estimate of drug-likeness (QED) is 0.822. The first kappa shape index (κ1) is 19.5. The summed E-state index contributed by atoms with van der Waals surface area (Å²) in [5.41, 5.74) is 0.467. The van der Waals surface area contributed by atoms with Crippen LogP contribution in [-0.2, 0) is 20.4 Å². The maximum absolute atomic E-state index is 12.7. The zero-order chi connectivity index (χ0) is 19.5. The van der Waals surface area contributed by atoms with E-state index in [9.17, 15) is 14.7 Å². The van der Waals surface area contributed by atoms with Gasteiger partial charge in [-0.3, -0.25) is 9.59 Å². The molecule has 2 rings (SSSR count). The first-order valence-electron chi connectivity index (χ1n) is 8.39. The third kappa shape index (κ3) is 3.87. The number of carbonyl (C=O) groups is 2. The molecule has 0 radical (unpaired) electrons. The second-order valence-corrected chi connectivity index (χ2v) is 7.32. The Morgan fingerprint density at radius 2 is 1.31 bits per heavy atom. The van der Waals surface area contributed by atoms with E-state index in [-0.39, 0.29) is 5.91 Å². The van der Waals surface area contributed by atoms with Crippen LogP contribution in [0.4, 0.5) is 5.69 Å². The summed E-state index contributed by atoms with van der Waals surface area (Å²) in [5, 5.41) is 12.2. The minimum Gasteiger partial charge on any atom is -0.497 e. The molecule has 0 atom stereocenters. The van der Waals surface area contributed by atoms with Crippen LogP contribution in [-0.4, -0.2) is 24.1 Å². The Morgan fingerprint density at radius 3 is 1.77 bits per heavy atom. The second kappa shape index (κ2) is 7.20. The maximum atomic E-state index is 12.7. The van der Waals surface area contributed by atoms with Crippen LogP contribution < -0.4 is 10.1 Å². The fraction of sp³-hybridized carbons (Fsp3) is 0.333. The zero-order valence-corrected chi connectivity index (χ0v) is 15.8. The molecule has 0 aliphatic carbocycles. The zero-order valence-electron chi connectivity index (χ0n) is 15.8. The van der Waals surface area contributed by atoms with Crippen molar-refractivity contribution in [3.05, 3.63) is 59.7 Å². The maximum Gasteiger partial charge on any atom is 0.313 e. The van der Waals surface area contributed by atoms with Crippen molar-refractivity contribution in [3.8, 4) is 5.75 Å². The van der Waals surface area contributed by atoms with Crippen molar-refractivity contribution >= 4 is 17.6 Å². The van der Waals surface area contributed by atoms with E-state index in [0.29, 0.717) is 11.3 Å². The number of hydrogen-bond acceptors (Lipinski definition) is 3. The molecule has 0 saturated carbocycles. The van der Waals surface area contributed by atoms with Crippen LogP contribution in [0.3, 0.4) is 0 Å². The molecular formula is C21H25NO4. The third-order valence-corrected chi connectivity index (χ3v) is 4.78. The highest BCUT2D eigenvalue weighted by molar-refractivity contribution is 5.98. The summed E-state index contributed by atoms with van der Waals surface area (Å²) >= 11 is 0. The number of rotatable bonds is 6. The van der Waals surface area contributed by atoms with Gasteiger partial charge in [-0.1, -0.05) is 24.3 Å². The third-order valence-electron chi connectivity index (χ3n) is 4.78. The lowest BCUT2D eigenvalue weighted by atomic mass is 9.83. The van der Waals surface area contributed by atoms with Gasteiger partial charge in [-0.15, -0.1) is 0 Å². The first-order chi connectivity index (χ1) is 12.1. The molecule has 26 heavy (non-hydrogen) atoms. The average molecular weight is 355 g/mol. The summed E-state index contributed by atoms with van der Waals surface area (Å²) in [6.45, 7) is 7.00. The van der Waals surface area contributed by atoms with Gasteiger partial charge in [0, 0.05) is 5.69 Å². The number of nitrogens with one attached hydrogen (secondary N) is 1. The SMILES string of the molecule is COc1ccc(C(C)(C)C(=O)Nc2ccc(C(C)(C)C(=O)O)cc2)cc1. The largest absolute Gasteiger partial charge is 0.497 e. The van der Waals surface area contributed by atoms with Crippen molar-refractivity contribution in [3.63, 3.8) is 0 Å². The summed E-state index contributed by atoms with van der Waals surface area (Å²) in [7, 11) is 1.60. The predicted molar refractivity (Wildman–Crippen MR) is 102 cm³/mol. The molecule has 0 heterocycles. The van der Waals surface area contributed by atoms with Crippen molar-refractivity contribution in [1.29, 1.82) is 0 Å². The van der Waals surface area contributed by atoms with Gasteiger partial charge in [0.1, 0.15) is 5.75 Å². The molecule has 0 aliphatic heterocycles. The number of amides is 1. The molecule has 138 valence electrons. The van der Waals surface area contributed by atoms with Gasteiger partial charge in [-0.25, -0.2) is 0 Å². The Bertz CT molecular complexity index is 790. The van der Waals surface area contributed by atoms with E-state index in [1.54, 1.807) is 45.2 Å². The number of benzene rings is 2. The lowest BCUT2D eigenvalue weighted by molar-refractivity contribution is -0.142. The topological polar surface area (TPSA) is 75.6 Å². The molecule has 2 aromatic carbocycles. The molecule has 0 bridgehead atoms. The average Bonchev–Trinajstić information content (AvgIpc) is 2.62. The van der Waals surface area contributed by atoms with Crippen LogP contribution in [0.2, 0.25) is 0 Å². The number of carbonyl (C=O) groups excluding carboxylic acids is 1. The van der Waals surface area contributed by atoms with Crippen LogP contribution in [0, 0.1) is 0 Å². The van der Waals surface area contributed by atoms with Gasteiger partial charge in [0.25, 0.3) is 0 Å². The molecule has 0 fully saturated rings. The first-order valence-corrected chi connectivity index (χ1v) is 8.39. The standard InChI is InChI=1S/C21H25NO4/c1-20(2,14-8-12-17(26-5)13-9-14)18(23)22-16-10-6-15(7-11-16)21(3,4)19(24)25/h6-13H,1-5H3,(H,22,23)(H,24,25). The number of aliphatic carboxylic acids is 1. The Kier molecular flexibility index (Phi) is 5.40. The molecule has 0 unspecified atom stereocenters. The highest BCUT2D eigenvalue weighted by Gasteiger charge is 2.31. The monoisotopic (exact) mass is 355 g/mol. The van der Waals surface area contributed by atoms with Crippen LogP contribution in [0.15, 0.2) is 48.5 Å². The van der Waals surface area contributed by atoms with E-state index >= 15 is 0 Å². The van der Waals surface area contributed by atoms with E-state index in [4.69, 9.17) is 4.74 Å². The van der Waals surface area contributed by atoms with Gasteiger partial charge >= 0.3 is 5.97 Å². The molecule has 0 saturated heterocycles. The molecule has 5 nitrogen and oxygen atoms in total. The molecule has 5 heteroatoms. The Labute approximate surface area is 154 Å². The van der Waals surface area contributed by atoms with Crippen LogP contribution in [0.25, 0.3) is 0 Å². The second-order valence-electron chi connectivity index (χ2n) is 7.32. The number of hydrogen-bond donors (Lipinski definition) is 2. The van der Waals surface area contributed by atoms with Crippen molar-refractivity contribution in [1.82, 2.24) is 0 Å². The summed E-state index contributed by atoms with van der Waals surface area (Å²) in [6, 6.07) is 14.3. The van der Waals surface area contributed by atoms with Crippen LogP contribution >= 0.6 is 0 Å². The van der Waals surface area contributed by atoms with E-state index in [1.165, 1.54) is 0 Å². The normalized spacial score (nSPS) is 11.7. The molecular weight excluding hydrogens is 330 g/mol. The van der Waals surface area contributed by atoms with E-state index in [0.717, 1.165) is 11.3 Å². The van der Waals surface area contributed by atoms with Gasteiger partial charge in [0.2, 0.25) is 5.91 Å². The minimum absolute atomic E-state index is 0.145. The highest BCUT2D eigenvalue weighted by Crippen LogP contribution is 2.28. The number of ether oxygens (including phenoxy) is 1. The number of carboxylic acid groups (broad SMARTS) is 1. The molecule has 0 aromatic heterocycles. The number of anilines is 1. The van der Waals surface area contributed by atoms with E-state index in [1.807, 2.05) is 38.1 Å². The van der Waals surface area contributed by atoms with Crippen molar-refractivity contribution in [2.24, 2.45) is 0 Å². The van der Waals surface area contributed by atoms with Crippen LogP contribution in [0.5, 0.6) is 5.75 Å². The Balaban J connectivity index is 2.16. The van der Waals surface area contributed by atoms with Crippen molar-refractivity contribution in [2.45, 2.75) is 38.5 Å². The van der Waals surface area contributed by atoms with E-state index in [2.05, 4.69) is 5.32 Å². The van der Waals surface area contributed by atoms with Crippen molar-refractivity contribution in [2.75, 3.05) is 12.4 Å². The fourth-order valence-electron chi connectivity index (χ4n) is 2.52. The van der Waals surface area contributed by atoms with Crippen LogP contribution in [0.1, 0.15) is 38.8 Å². The lowest BCUT2D eigenvalue weighted by Crippen LogP contribution is -2.34. The summed E-state index contributed by atoms with van der Waals surface area (Å²) in [4.78, 5) is 24.1. The van der Waals surface area contributed by atoms with Gasteiger partial charge in [-0.05, 0) is 63.1 Å². The molecule has 2 N–H and O–H groups in total. The van der Waals surface area contributed by atoms with Gasteiger partial charge < -0.3 is 15.2 Å². The minimum atomic E-state index is -0.981. The smallest absolute Gasteiger partial charge is 0.313 e. The summed E-state index contributed by atoms with van der Waals surface area (Å²) < 4.78 is 5.15. The number of methoxy groups -OCH3 is 1. The van der Waals surface area contributed by atoms with Crippen molar-refractivity contribution < 1.29 is 19.4 Å². The summed E-state index contributed by atoms with van der Waals surface area (Å²) in [5.74, 6) is -0.301. The Morgan fingerprint density at radius 1 is 0.846 bits per heavy atom. The van der Waals surface area contributed by atoms with E-state index < -0.39 is 16.8 Å². The molecule has 2 aromatic rings. The predicted octanol–water partition coefficient (Wildman–Crippen LogP) is 3.97. The van der Waals surface area contributed by atoms with Gasteiger partial charge in [0.05, 0.1) is 17.9 Å². The molecule has 1 amide bonds. The van der Waals surface area contributed by atoms with Gasteiger partial charge in [-0.2, -0.15) is 0 Å². The number of carboxylic acids is 1. The fourth-order valence-corrected chi connectivity index (χ4v) is 2.52. The lowest BCUT2D eigenvalue weighted by Gasteiger charge is -2.25. The Hall–Kier alpha value is -2.82. The highest BCUT2D eigenvalue weighted by atomic mass is 16.5. The summed E-state index contributed by atoms with van der Waals surface area (Å²) in [6.07, 6.45) is 0.